The smallest absolute Gasteiger partial charge is 0.416 e. The van der Waals surface area contributed by atoms with E-state index in [0.717, 1.165) is 0 Å². The SMILES string of the molecule is COc1ccc(NCC(O)C(F)(F)F)cc1Br. The number of methoxy groups -OCH3 is 1. The molecule has 0 heterocycles. The van der Waals surface area contributed by atoms with Crippen molar-refractivity contribution >= 4 is 21.6 Å². The number of benzene rings is 1. The van der Waals surface area contributed by atoms with E-state index >= 15 is 0 Å². The minimum Gasteiger partial charge on any atom is -0.496 e. The molecule has 2 N–H and O–H groups in total. The molecule has 0 aromatic heterocycles. The fourth-order valence-corrected chi connectivity index (χ4v) is 1.65. The molecule has 1 atom stereocenters. The second kappa shape index (κ2) is 5.59. The van der Waals surface area contributed by atoms with Gasteiger partial charge >= 0.3 is 6.18 Å². The van der Waals surface area contributed by atoms with Crippen molar-refractivity contribution in [3.05, 3.63) is 22.7 Å². The van der Waals surface area contributed by atoms with Crippen molar-refractivity contribution in [2.75, 3.05) is 19.0 Å². The lowest BCUT2D eigenvalue weighted by molar-refractivity contribution is -0.198. The maximum absolute atomic E-state index is 12.0. The molecule has 0 bridgehead atoms. The highest BCUT2D eigenvalue weighted by molar-refractivity contribution is 9.10. The van der Waals surface area contributed by atoms with Gasteiger partial charge in [0.2, 0.25) is 0 Å². The van der Waals surface area contributed by atoms with Crippen molar-refractivity contribution in [3.8, 4) is 5.75 Å². The predicted molar refractivity (Wildman–Crippen MR) is 61.2 cm³/mol. The molecule has 1 aromatic rings. The minimum atomic E-state index is -4.61. The summed E-state index contributed by atoms with van der Waals surface area (Å²) in [6.07, 6.45) is -7.00. The summed E-state index contributed by atoms with van der Waals surface area (Å²) >= 11 is 3.20. The molecule has 0 aliphatic rings. The van der Waals surface area contributed by atoms with Crippen molar-refractivity contribution in [1.29, 1.82) is 0 Å². The van der Waals surface area contributed by atoms with Crippen LogP contribution in [0, 0.1) is 0 Å². The molecular formula is C10H11BrF3NO2. The van der Waals surface area contributed by atoms with Gasteiger partial charge in [-0.2, -0.15) is 13.2 Å². The number of alkyl halides is 3. The number of hydrogen-bond acceptors (Lipinski definition) is 3. The van der Waals surface area contributed by atoms with E-state index in [2.05, 4.69) is 21.2 Å². The zero-order chi connectivity index (χ0) is 13.1. The highest BCUT2D eigenvalue weighted by atomic mass is 79.9. The van der Waals surface area contributed by atoms with E-state index in [1.807, 2.05) is 0 Å². The number of anilines is 1. The van der Waals surface area contributed by atoms with Crippen LogP contribution in [-0.2, 0) is 0 Å². The van der Waals surface area contributed by atoms with E-state index in [-0.39, 0.29) is 0 Å². The predicted octanol–water partition coefficient (Wildman–Crippen LogP) is 2.79. The van der Waals surface area contributed by atoms with Crippen molar-refractivity contribution < 1.29 is 23.0 Å². The van der Waals surface area contributed by atoms with E-state index < -0.39 is 18.8 Å². The first-order valence-electron chi connectivity index (χ1n) is 4.67. The van der Waals surface area contributed by atoms with Crippen LogP contribution >= 0.6 is 15.9 Å². The Morgan fingerprint density at radius 2 is 2.12 bits per heavy atom. The summed E-state index contributed by atoms with van der Waals surface area (Å²) in [5, 5.41) is 11.3. The van der Waals surface area contributed by atoms with Gasteiger partial charge in [-0.15, -0.1) is 0 Å². The summed E-state index contributed by atoms with van der Waals surface area (Å²) in [4.78, 5) is 0. The third-order valence-electron chi connectivity index (χ3n) is 2.03. The molecule has 0 saturated carbocycles. The van der Waals surface area contributed by atoms with Crippen LogP contribution in [0.3, 0.4) is 0 Å². The Bertz CT molecular complexity index is 384. The molecule has 0 aliphatic carbocycles. The quantitative estimate of drug-likeness (QED) is 0.898. The summed E-state index contributed by atoms with van der Waals surface area (Å²) in [5.41, 5.74) is 0.459. The summed E-state index contributed by atoms with van der Waals surface area (Å²) in [5.74, 6) is 0.576. The molecule has 0 radical (unpaired) electrons. The van der Waals surface area contributed by atoms with Gasteiger partial charge in [0.15, 0.2) is 6.10 Å². The molecule has 0 amide bonds. The number of aliphatic hydroxyl groups is 1. The first kappa shape index (κ1) is 14.1. The van der Waals surface area contributed by atoms with E-state index in [9.17, 15) is 13.2 Å². The molecule has 1 rings (SSSR count). The molecule has 7 heteroatoms. The Kier molecular flexibility index (Phi) is 4.64. The number of hydrogen-bond donors (Lipinski definition) is 2. The summed E-state index contributed by atoms with van der Waals surface area (Å²) in [6.45, 7) is -0.595. The molecule has 3 nitrogen and oxygen atoms in total. The molecule has 96 valence electrons. The van der Waals surface area contributed by atoms with Crippen LogP contribution in [-0.4, -0.2) is 31.0 Å². The number of nitrogens with one attached hydrogen (secondary N) is 1. The lowest BCUT2D eigenvalue weighted by Gasteiger charge is -2.16. The van der Waals surface area contributed by atoms with Crippen LogP contribution in [0.15, 0.2) is 22.7 Å². The maximum atomic E-state index is 12.0. The molecular weight excluding hydrogens is 303 g/mol. The van der Waals surface area contributed by atoms with E-state index in [4.69, 9.17) is 9.84 Å². The Hall–Kier alpha value is -0.950. The Labute approximate surface area is 105 Å². The second-order valence-electron chi connectivity index (χ2n) is 3.29. The zero-order valence-electron chi connectivity index (χ0n) is 8.88. The average molecular weight is 314 g/mol. The largest absolute Gasteiger partial charge is 0.496 e. The van der Waals surface area contributed by atoms with Gasteiger partial charge in [0.05, 0.1) is 11.6 Å². The highest BCUT2D eigenvalue weighted by Gasteiger charge is 2.37. The van der Waals surface area contributed by atoms with E-state index in [1.165, 1.54) is 7.11 Å². The molecule has 0 fully saturated rings. The van der Waals surface area contributed by atoms with E-state index in [1.54, 1.807) is 18.2 Å². The number of ether oxygens (including phenoxy) is 1. The van der Waals surface area contributed by atoms with Crippen molar-refractivity contribution in [2.45, 2.75) is 12.3 Å². The molecule has 1 aromatic carbocycles. The van der Waals surface area contributed by atoms with Gasteiger partial charge in [0.1, 0.15) is 5.75 Å². The topological polar surface area (TPSA) is 41.5 Å². The lowest BCUT2D eigenvalue weighted by Crippen LogP contribution is -2.34. The normalized spacial score (nSPS) is 13.3. The van der Waals surface area contributed by atoms with Gasteiger partial charge < -0.3 is 15.2 Å². The molecule has 0 aliphatic heterocycles. The first-order chi connectivity index (χ1) is 7.84. The molecule has 1 unspecified atom stereocenters. The van der Waals surface area contributed by atoms with Gasteiger partial charge in [-0.1, -0.05) is 0 Å². The average Bonchev–Trinajstić information content (AvgIpc) is 2.24. The summed E-state index contributed by atoms with van der Waals surface area (Å²) < 4.78 is 41.7. The van der Waals surface area contributed by atoms with Crippen molar-refractivity contribution in [2.24, 2.45) is 0 Å². The number of rotatable bonds is 4. The summed E-state index contributed by atoms with van der Waals surface area (Å²) in [6, 6.07) is 4.74. The van der Waals surface area contributed by atoms with Crippen LogP contribution in [0.1, 0.15) is 0 Å². The second-order valence-corrected chi connectivity index (χ2v) is 4.14. The minimum absolute atomic E-state index is 0.459. The Balaban J connectivity index is 2.61. The fraction of sp³-hybridized carbons (Fsp3) is 0.400. The monoisotopic (exact) mass is 313 g/mol. The Morgan fingerprint density at radius 1 is 1.47 bits per heavy atom. The van der Waals surface area contributed by atoms with E-state index in [0.29, 0.717) is 15.9 Å². The molecule has 17 heavy (non-hydrogen) atoms. The van der Waals surface area contributed by atoms with Crippen molar-refractivity contribution in [3.63, 3.8) is 0 Å². The number of halogens is 4. The van der Waals surface area contributed by atoms with Gasteiger partial charge in [-0.25, -0.2) is 0 Å². The highest BCUT2D eigenvalue weighted by Crippen LogP contribution is 2.28. The molecule has 0 spiro atoms. The summed E-state index contributed by atoms with van der Waals surface area (Å²) in [7, 11) is 1.49. The van der Waals surface area contributed by atoms with Crippen LogP contribution < -0.4 is 10.1 Å². The van der Waals surface area contributed by atoms with Crippen LogP contribution in [0.25, 0.3) is 0 Å². The van der Waals surface area contributed by atoms with Gasteiger partial charge in [-0.05, 0) is 34.1 Å². The standard InChI is InChI=1S/C10H11BrF3NO2/c1-17-8-3-2-6(4-7(8)11)15-5-9(16)10(12,13)14/h2-4,9,15-16H,5H2,1H3. The van der Waals surface area contributed by atoms with Gasteiger partial charge in [-0.3, -0.25) is 0 Å². The maximum Gasteiger partial charge on any atom is 0.416 e. The van der Waals surface area contributed by atoms with Gasteiger partial charge in [0.25, 0.3) is 0 Å². The van der Waals surface area contributed by atoms with Crippen molar-refractivity contribution in [1.82, 2.24) is 0 Å². The van der Waals surface area contributed by atoms with Crippen LogP contribution in [0.4, 0.5) is 18.9 Å². The first-order valence-corrected chi connectivity index (χ1v) is 5.46. The fourth-order valence-electron chi connectivity index (χ4n) is 1.11. The zero-order valence-corrected chi connectivity index (χ0v) is 10.5. The lowest BCUT2D eigenvalue weighted by atomic mass is 10.3. The van der Waals surface area contributed by atoms with Gasteiger partial charge in [0, 0.05) is 12.2 Å². The molecule has 0 saturated heterocycles. The number of aliphatic hydroxyl groups excluding tert-OH is 1. The van der Waals surface area contributed by atoms with Crippen LogP contribution in [0.5, 0.6) is 5.75 Å². The third kappa shape index (κ3) is 4.08. The Morgan fingerprint density at radius 3 is 2.59 bits per heavy atom. The third-order valence-corrected chi connectivity index (χ3v) is 2.65. The van der Waals surface area contributed by atoms with Crippen LogP contribution in [0.2, 0.25) is 0 Å².